The fourth-order valence-electron chi connectivity index (χ4n) is 2.12. The van der Waals surface area contributed by atoms with E-state index in [0.717, 1.165) is 17.7 Å². The number of benzene rings is 1. The van der Waals surface area contributed by atoms with Gasteiger partial charge in [0.05, 0.1) is 0 Å². The summed E-state index contributed by atoms with van der Waals surface area (Å²) < 4.78 is 0. The third kappa shape index (κ3) is 3.16. The summed E-state index contributed by atoms with van der Waals surface area (Å²) in [4.78, 5) is 13.3. The lowest BCUT2D eigenvalue weighted by Gasteiger charge is -2.31. The summed E-state index contributed by atoms with van der Waals surface area (Å²) >= 11 is 6.11. The van der Waals surface area contributed by atoms with Crippen molar-refractivity contribution in [2.24, 2.45) is 0 Å². The summed E-state index contributed by atoms with van der Waals surface area (Å²) in [7, 11) is 0. The highest BCUT2D eigenvalue weighted by Crippen LogP contribution is 2.28. The summed E-state index contributed by atoms with van der Waals surface area (Å²) in [6.07, 6.45) is 1.47. The quantitative estimate of drug-likeness (QED) is 0.855. The van der Waals surface area contributed by atoms with E-state index in [1.807, 2.05) is 43.9 Å². The topological polar surface area (TPSA) is 40.5 Å². The van der Waals surface area contributed by atoms with E-state index < -0.39 is 12.0 Å². The largest absolute Gasteiger partial charge is 0.480 e. The maximum Gasteiger partial charge on any atom is 0.326 e. The van der Waals surface area contributed by atoms with E-state index in [4.69, 9.17) is 11.6 Å². The number of aliphatic carboxylic acids is 1. The average Bonchev–Trinajstić information content (AvgIpc) is 2.32. The molecule has 1 unspecified atom stereocenters. The molecule has 1 atom stereocenters. The molecule has 0 aromatic heterocycles. The zero-order valence-corrected chi connectivity index (χ0v) is 11.9. The minimum Gasteiger partial charge on any atom is -0.480 e. The summed E-state index contributed by atoms with van der Waals surface area (Å²) in [5.74, 6) is -0.787. The van der Waals surface area contributed by atoms with Crippen molar-refractivity contribution in [3.8, 4) is 0 Å². The van der Waals surface area contributed by atoms with Gasteiger partial charge in [-0.15, -0.1) is 0 Å². The Morgan fingerprint density at radius 2 is 2.11 bits per heavy atom. The van der Waals surface area contributed by atoms with Gasteiger partial charge in [0, 0.05) is 17.3 Å². The van der Waals surface area contributed by atoms with Crippen molar-refractivity contribution in [3.63, 3.8) is 0 Å². The lowest BCUT2D eigenvalue weighted by Crippen LogP contribution is -2.41. The van der Waals surface area contributed by atoms with Crippen LogP contribution in [0.1, 0.15) is 32.3 Å². The molecule has 0 amide bonds. The Labute approximate surface area is 113 Å². The molecule has 100 valence electrons. The van der Waals surface area contributed by atoms with Crippen LogP contribution in [0.15, 0.2) is 18.2 Å². The molecule has 1 aromatic carbocycles. The second kappa shape index (κ2) is 6.64. The molecule has 0 bridgehead atoms. The molecule has 0 saturated carbocycles. The van der Waals surface area contributed by atoms with Crippen LogP contribution in [0, 0.1) is 6.92 Å². The minimum absolute atomic E-state index is 0.498. The first-order chi connectivity index (χ1) is 8.52. The molecule has 18 heavy (non-hydrogen) atoms. The van der Waals surface area contributed by atoms with Gasteiger partial charge in [-0.05, 0) is 37.5 Å². The highest BCUT2D eigenvalue weighted by molar-refractivity contribution is 6.31. The van der Waals surface area contributed by atoms with Crippen LogP contribution in [0.3, 0.4) is 0 Å². The van der Waals surface area contributed by atoms with Gasteiger partial charge < -0.3 is 10.0 Å². The predicted molar refractivity (Wildman–Crippen MR) is 75.5 cm³/mol. The van der Waals surface area contributed by atoms with Crippen molar-refractivity contribution in [1.82, 2.24) is 0 Å². The number of halogens is 1. The number of anilines is 1. The zero-order valence-electron chi connectivity index (χ0n) is 11.1. The van der Waals surface area contributed by atoms with Gasteiger partial charge in [-0.2, -0.15) is 0 Å². The molecule has 1 aromatic rings. The molecule has 0 aliphatic heterocycles. The van der Waals surface area contributed by atoms with Crippen LogP contribution in [0.5, 0.6) is 0 Å². The molecule has 0 aliphatic carbocycles. The van der Waals surface area contributed by atoms with Crippen LogP contribution in [-0.2, 0) is 4.79 Å². The first kappa shape index (κ1) is 14.8. The maximum absolute atomic E-state index is 11.3. The molecule has 0 aliphatic rings. The highest BCUT2D eigenvalue weighted by Gasteiger charge is 2.24. The highest BCUT2D eigenvalue weighted by atomic mass is 35.5. The molecule has 0 radical (unpaired) electrons. The lowest BCUT2D eigenvalue weighted by molar-refractivity contribution is -0.138. The Hall–Kier alpha value is -1.22. The molecule has 1 N–H and O–H groups in total. The molecule has 3 nitrogen and oxygen atoms in total. The van der Waals surface area contributed by atoms with E-state index in [1.54, 1.807) is 0 Å². The van der Waals surface area contributed by atoms with Crippen LogP contribution < -0.4 is 4.90 Å². The second-order valence-electron chi connectivity index (χ2n) is 4.34. The van der Waals surface area contributed by atoms with Crippen LogP contribution in [0.4, 0.5) is 5.69 Å². The standard InChI is InChI=1S/C14H20ClNO2/c1-4-9-16(12(5-2)14(17)18)13-8-6-7-11(15)10(13)3/h6-8,12H,4-5,9H2,1-3H3,(H,17,18). The van der Waals surface area contributed by atoms with Crippen molar-refractivity contribution in [1.29, 1.82) is 0 Å². The van der Waals surface area contributed by atoms with Crippen LogP contribution in [0.2, 0.25) is 5.02 Å². The number of hydrogen-bond acceptors (Lipinski definition) is 2. The summed E-state index contributed by atoms with van der Waals surface area (Å²) in [5.41, 5.74) is 1.85. The van der Waals surface area contributed by atoms with Crippen molar-refractivity contribution in [3.05, 3.63) is 28.8 Å². The third-order valence-electron chi connectivity index (χ3n) is 3.06. The summed E-state index contributed by atoms with van der Waals surface area (Å²) in [5, 5.41) is 9.99. The van der Waals surface area contributed by atoms with Gasteiger partial charge in [-0.3, -0.25) is 0 Å². The van der Waals surface area contributed by atoms with Crippen molar-refractivity contribution in [2.45, 2.75) is 39.7 Å². The summed E-state index contributed by atoms with van der Waals surface area (Å²) in [6.45, 7) is 6.57. The average molecular weight is 270 g/mol. The first-order valence-electron chi connectivity index (χ1n) is 6.27. The Kier molecular flexibility index (Phi) is 5.48. The minimum atomic E-state index is -0.787. The van der Waals surface area contributed by atoms with E-state index in [0.29, 0.717) is 18.0 Å². The fourth-order valence-corrected chi connectivity index (χ4v) is 2.29. The van der Waals surface area contributed by atoms with Crippen LogP contribution in [-0.4, -0.2) is 23.7 Å². The second-order valence-corrected chi connectivity index (χ2v) is 4.75. The summed E-state index contributed by atoms with van der Waals surface area (Å²) in [6, 6.07) is 5.12. The number of nitrogens with zero attached hydrogens (tertiary/aromatic N) is 1. The molecule has 0 heterocycles. The van der Waals surface area contributed by atoms with Crippen LogP contribution in [0.25, 0.3) is 0 Å². The van der Waals surface area contributed by atoms with Gasteiger partial charge in [0.15, 0.2) is 0 Å². The van der Waals surface area contributed by atoms with Gasteiger partial charge in [-0.25, -0.2) is 4.79 Å². The van der Waals surface area contributed by atoms with E-state index in [9.17, 15) is 9.90 Å². The molecule has 0 saturated heterocycles. The van der Waals surface area contributed by atoms with Gasteiger partial charge in [0.2, 0.25) is 0 Å². The van der Waals surface area contributed by atoms with Crippen molar-refractivity contribution >= 4 is 23.3 Å². The van der Waals surface area contributed by atoms with E-state index in [-0.39, 0.29) is 0 Å². The van der Waals surface area contributed by atoms with Crippen molar-refractivity contribution in [2.75, 3.05) is 11.4 Å². The number of hydrogen-bond donors (Lipinski definition) is 1. The normalized spacial score (nSPS) is 12.2. The van der Waals surface area contributed by atoms with Gasteiger partial charge in [-0.1, -0.05) is 31.5 Å². The Balaban J connectivity index is 3.18. The Morgan fingerprint density at radius 3 is 2.61 bits per heavy atom. The monoisotopic (exact) mass is 269 g/mol. The van der Waals surface area contributed by atoms with Crippen molar-refractivity contribution < 1.29 is 9.90 Å². The third-order valence-corrected chi connectivity index (χ3v) is 3.47. The molecule has 0 spiro atoms. The molecule has 0 fully saturated rings. The SMILES string of the molecule is CCCN(c1cccc(Cl)c1C)C(CC)C(=O)O. The van der Waals surface area contributed by atoms with E-state index >= 15 is 0 Å². The molecule has 4 heteroatoms. The molecular weight excluding hydrogens is 250 g/mol. The Bertz CT molecular complexity index is 420. The number of carbonyl (C=O) groups is 1. The van der Waals surface area contributed by atoms with Gasteiger partial charge >= 0.3 is 5.97 Å². The number of carboxylic acids is 1. The van der Waals surface area contributed by atoms with E-state index in [2.05, 4.69) is 0 Å². The van der Waals surface area contributed by atoms with Crippen LogP contribution >= 0.6 is 11.6 Å². The maximum atomic E-state index is 11.3. The van der Waals surface area contributed by atoms with Gasteiger partial charge in [0.1, 0.15) is 6.04 Å². The fraction of sp³-hybridized carbons (Fsp3) is 0.500. The lowest BCUT2D eigenvalue weighted by atomic mass is 10.1. The number of rotatable bonds is 6. The van der Waals surface area contributed by atoms with Gasteiger partial charge in [0.25, 0.3) is 0 Å². The van der Waals surface area contributed by atoms with E-state index in [1.165, 1.54) is 0 Å². The molecule has 1 rings (SSSR count). The predicted octanol–water partition coefficient (Wildman–Crippen LogP) is 3.73. The first-order valence-corrected chi connectivity index (χ1v) is 6.65. The smallest absolute Gasteiger partial charge is 0.326 e. The molecular formula is C14H20ClNO2. The number of carboxylic acid groups (broad SMARTS) is 1. The Morgan fingerprint density at radius 1 is 1.44 bits per heavy atom. The zero-order chi connectivity index (χ0) is 13.7.